The van der Waals surface area contributed by atoms with Gasteiger partial charge in [-0.3, -0.25) is 0 Å². The average Bonchev–Trinajstić information content (AvgIpc) is 2.34. The molecule has 102 valence electrons. The Balaban J connectivity index is 2.46. The van der Waals surface area contributed by atoms with Gasteiger partial charge in [0.2, 0.25) is 0 Å². The van der Waals surface area contributed by atoms with E-state index in [-0.39, 0.29) is 5.82 Å². The Kier molecular flexibility index (Phi) is 6.91. The maximum absolute atomic E-state index is 12.9. The highest BCUT2D eigenvalue weighted by atomic mass is 19.1. The van der Waals surface area contributed by atoms with Crippen LogP contribution >= 0.6 is 0 Å². The van der Waals surface area contributed by atoms with Gasteiger partial charge in [0, 0.05) is 19.8 Å². The van der Waals surface area contributed by atoms with Crippen molar-refractivity contribution in [2.45, 2.75) is 26.2 Å². The highest BCUT2D eigenvalue weighted by Gasteiger charge is 2.10. The molecule has 0 heterocycles. The first-order chi connectivity index (χ1) is 8.63. The maximum atomic E-state index is 12.9. The minimum absolute atomic E-state index is 0.182. The second-order valence-electron chi connectivity index (χ2n) is 5.06. The molecule has 3 heteroatoms. The third-order valence-corrected chi connectivity index (χ3v) is 2.85. The molecule has 2 nitrogen and oxygen atoms in total. The van der Waals surface area contributed by atoms with Gasteiger partial charge in [0.05, 0.1) is 0 Å². The molecule has 0 aliphatic heterocycles. The monoisotopic (exact) mass is 253 g/mol. The maximum Gasteiger partial charge on any atom is 0.123 e. The fourth-order valence-electron chi connectivity index (χ4n) is 1.91. The molecule has 0 fully saturated rings. The van der Waals surface area contributed by atoms with Crippen LogP contribution in [-0.2, 0) is 4.74 Å². The quantitative estimate of drug-likeness (QED) is 0.718. The zero-order valence-electron chi connectivity index (χ0n) is 11.6. The third kappa shape index (κ3) is 5.61. The Bertz CT molecular complexity index is 324. The molecule has 1 N–H and O–H groups in total. The summed E-state index contributed by atoms with van der Waals surface area (Å²) in [5.41, 5.74) is 1.17. The second kappa shape index (κ2) is 8.22. The van der Waals surface area contributed by atoms with Crippen molar-refractivity contribution in [2.24, 2.45) is 5.92 Å². The first kappa shape index (κ1) is 15.1. The summed E-state index contributed by atoms with van der Waals surface area (Å²) in [6.07, 6.45) is 0.958. The number of halogens is 1. The molecule has 0 radical (unpaired) electrons. The molecule has 1 atom stereocenters. The molecular formula is C15H24FNO. The fourth-order valence-corrected chi connectivity index (χ4v) is 1.91. The van der Waals surface area contributed by atoms with Crippen molar-refractivity contribution in [2.75, 3.05) is 26.8 Å². The lowest BCUT2D eigenvalue weighted by Crippen LogP contribution is -2.19. The van der Waals surface area contributed by atoms with Gasteiger partial charge in [0.25, 0.3) is 0 Å². The van der Waals surface area contributed by atoms with Crippen molar-refractivity contribution in [3.63, 3.8) is 0 Å². The third-order valence-electron chi connectivity index (χ3n) is 2.85. The number of hydrogen-bond donors (Lipinski definition) is 1. The summed E-state index contributed by atoms with van der Waals surface area (Å²) in [6.45, 7) is 6.73. The van der Waals surface area contributed by atoms with E-state index in [1.165, 1.54) is 17.7 Å². The lowest BCUT2D eigenvalue weighted by molar-refractivity contribution is 0.104. The highest BCUT2D eigenvalue weighted by Crippen LogP contribution is 2.19. The van der Waals surface area contributed by atoms with E-state index in [2.05, 4.69) is 19.2 Å². The molecule has 0 bridgehead atoms. The van der Waals surface area contributed by atoms with Crippen LogP contribution in [0, 0.1) is 11.7 Å². The largest absolute Gasteiger partial charge is 0.381 e. The van der Waals surface area contributed by atoms with Crippen LogP contribution in [0.15, 0.2) is 24.3 Å². The lowest BCUT2D eigenvalue weighted by Gasteiger charge is -2.17. The summed E-state index contributed by atoms with van der Waals surface area (Å²) in [4.78, 5) is 0. The van der Waals surface area contributed by atoms with Crippen LogP contribution in [0.2, 0.25) is 0 Å². The van der Waals surface area contributed by atoms with Gasteiger partial charge in [0.1, 0.15) is 5.82 Å². The van der Waals surface area contributed by atoms with Gasteiger partial charge in [0.15, 0.2) is 0 Å². The van der Waals surface area contributed by atoms with E-state index in [1.807, 2.05) is 19.2 Å². The topological polar surface area (TPSA) is 21.3 Å². The number of benzene rings is 1. The van der Waals surface area contributed by atoms with Crippen LogP contribution in [-0.4, -0.2) is 26.8 Å². The fraction of sp³-hybridized carbons (Fsp3) is 0.600. The molecule has 0 spiro atoms. The summed E-state index contributed by atoms with van der Waals surface area (Å²) in [5.74, 6) is 0.763. The molecule has 1 aromatic carbocycles. The number of rotatable bonds is 8. The number of likely N-dealkylation sites (N-methyl/N-ethyl adjacent to an activating group) is 1. The van der Waals surface area contributed by atoms with Crippen molar-refractivity contribution >= 4 is 0 Å². The van der Waals surface area contributed by atoms with Crippen LogP contribution in [0.25, 0.3) is 0 Å². The van der Waals surface area contributed by atoms with Crippen molar-refractivity contribution in [3.05, 3.63) is 35.6 Å². The number of nitrogens with one attached hydrogen (secondary N) is 1. The Hall–Kier alpha value is -0.930. The highest BCUT2D eigenvalue weighted by molar-refractivity contribution is 5.20. The molecule has 0 aliphatic carbocycles. The minimum atomic E-state index is -0.182. The van der Waals surface area contributed by atoms with Crippen LogP contribution in [0.3, 0.4) is 0 Å². The molecule has 0 amide bonds. The van der Waals surface area contributed by atoms with E-state index < -0.39 is 0 Å². The summed E-state index contributed by atoms with van der Waals surface area (Å²) in [6, 6.07) is 6.76. The van der Waals surface area contributed by atoms with E-state index in [4.69, 9.17) is 4.74 Å². The summed E-state index contributed by atoms with van der Waals surface area (Å²) in [5, 5.41) is 3.18. The zero-order valence-corrected chi connectivity index (χ0v) is 11.6. The number of ether oxygens (including phenoxy) is 1. The first-order valence-corrected chi connectivity index (χ1v) is 6.61. The average molecular weight is 253 g/mol. The number of hydrogen-bond acceptors (Lipinski definition) is 2. The standard InChI is InChI=1S/C15H24FNO/c1-12(2)11-18-9-8-14(10-17-3)13-4-6-15(16)7-5-13/h4-7,12,14,17H,8-11H2,1-3H3. The first-order valence-electron chi connectivity index (χ1n) is 6.61. The summed E-state index contributed by atoms with van der Waals surface area (Å²) in [7, 11) is 1.94. The van der Waals surface area contributed by atoms with E-state index >= 15 is 0 Å². The van der Waals surface area contributed by atoms with Gasteiger partial charge in [-0.1, -0.05) is 26.0 Å². The van der Waals surface area contributed by atoms with Crippen molar-refractivity contribution < 1.29 is 9.13 Å². The molecular weight excluding hydrogens is 229 g/mol. The van der Waals surface area contributed by atoms with Gasteiger partial charge in [-0.25, -0.2) is 4.39 Å². The Labute approximate surface area is 110 Å². The van der Waals surface area contributed by atoms with E-state index in [0.29, 0.717) is 11.8 Å². The summed E-state index contributed by atoms with van der Waals surface area (Å²) < 4.78 is 18.5. The second-order valence-corrected chi connectivity index (χ2v) is 5.06. The smallest absolute Gasteiger partial charge is 0.123 e. The Morgan fingerprint density at radius 1 is 1.22 bits per heavy atom. The van der Waals surface area contributed by atoms with E-state index in [0.717, 1.165) is 26.2 Å². The molecule has 1 unspecified atom stereocenters. The van der Waals surface area contributed by atoms with E-state index in [1.54, 1.807) is 0 Å². The van der Waals surface area contributed by atoms with Crippen LogP contribution in [0.1, 0.15) is 31.7 Å². The normalized spacial score (nSPS) is 12.9. The molecule has 1 aromatic rings. The Morgan fingerprint density at radius 3 is 2.44 bits per heavy atom. The van der Waals surface area contributed by atoms with Crippen LogP contribution in [0.4, 0.5) is 4.39 Å². The molecule has 1 rings (SSSR count). The molecule has 0 aliphatic rings. The predicted octanol–water partition coefficient (Wildman–Crippen LogP) is 3.19. The summed E-state index contributed by atoms with van der Waals surface area (Å²) >= 11 is 0. The lowest BCUT2D eigenvalue weighted by atomic mass is 9.96. The van der Waals surface area contributed by atoms with Gasteiger partial charge in [-0.2, -0.15) is 0 Å². The van der Waals surface area contributed by atoms with Crippen LogP contribution in [0.5, 0.6) is 0 Å². The molecule has 0 saturated heterocycles. The minimum Gasteiger partial charge on any atom is -0.381 e. The van der Waals surface area contributed by atoms with Gasteiger partial charge >= 0.3 is 0 Å². The van der Waals surface area contributed by atoms with Crippen molar-refractivity contribution in [3.8, 4) is 0 Å². The van der Waals surface area contributed by atoms with Crippen LogP contribution < -0.4 is 5.32 Å². The van der Waals surface area contributed by atoms with Crippen molar-refractivity contribution in [1.82, 2.24) is 5.32 Å². The predicted molar refractivity (Wildman–Crippen MR) is 73.3 cm³/mol. The van der Waals surface area contributed by atoms with Gasteiger partial charge in [-0.15, -0.1) is 0 Å². The SMILES string of the molecule is CNCC(CCOCC(C)C)c1ccc(F)cc1. The van der Waals surface area contributed by atoms with Gasteiger partial charge in [-0.05, 0) is 43.0 Å². The Morgan fingerprint density at radius 2 is 1.89 bits per heavy atom. The molecule has 0 saturated carbocycles. The molecule has 18 heavy (non-hydrogen) atoms. The van der Waals surface area contributed by atoms with Gasteiger partial charge < -0.3 is 10.1 Å². The molecule has 0 aromatic heterocycles. The van der Waals surface area contributed by atoms with Crippen molar-refractivity contribution in [1.29, 1.82) is 0 Å². The van der Waals surface area contributed by atoms with E-state index in [9.17, 15) is 4.39 Å². The zero-order chi connectivity index (χ0) is 13.4.